The van der Waals surface area contributed by atoms with Crippen molar-refractivity contribution in [3.8, 4) is 0 Å². The van der Waals surface area contributed by atoms with Gasteiger partial charge in [-0.15, -0.1) is 0 Å². The van der Waals surface area contributed by atoms with Crippen molar-refractivity contribution in [1.82, 2.24) is 9.55 Å². The molecule has 0 unspecified atom stereocenters. The van der Waals surface area contributed by atoms with E-state index in [1.807, 2.05) is 47.0 Å². The lowest BCUT2D eigenvalue weighted by Gasteiger charge is -2.13. The molecular formula is C21H17N5O2S. The highest BCUT2D eigenvalue weighted by Crippen LogP contribution is 2.22. The van der Waals surface area contributed by atoms with Crippen molar-refractivity contribution in [1.29, 1.82) is 0 Å². The maximum Gasteiger partial charge on any atom is 0.271 e. The normalized spacial score (nSPS) is 10.6. The lowest BCUT2D eigenvalue weighted by molar-refractivity contribution is -0.384. The summed E-state index contributed by atoms with van der Waals surface area (Å²) in [5.41, 5.74) is 3.49. The third kappa shape index (κ3) is 4.22. The number of nitrogens with one attached hydrogen (secondary N) is 2. The van der Waals surface area contributed by atoms with Gasteiger partial charge in [-0.1, -0.05) is 48.5 Å². The van der Waals surface area contributed by atoms with E-state index in [1.165, 1.54) is 12.1 Å². The molecule has 7 nitrogen and oxygen atoms in total. The lowest BCUT2D eigenvalue weighted by Crippen LogP contribution is -2.21. The van der Waals surface area contributed by atoms with Crippen molar-refractivity contribution < 1.29 is 4.92 Å². The first-order valence-corrected chi connectivity index (χ1v) is 9.32. The van der Waals surface area contributed by atoms with Crippen LogP contribution < -0.4 is 10.6 Å². The minimum absolute atomic E-state index is 0.00545. The summed E-state index contributed by atoms with van der Waals surface area (Å²) in [5.74, 6) is 0.595. The zero-order chi connectivity index (χ0) is 20.2. The van der Waals surface area contributed by atoms with Crippen LogP contribution in [0.5, 0.6) is 0 Å². The predicted molar refractivity (Wildman–Crippen MR) is 118 cm³/mol. The molecule has 0 saturated heterocycles. The van der Waals surface area contributed by atoms with Gasteiger partial charge in [0.1, 0.15) is 0 Å². The highest BCUT2D eigenvalue weighted by Gasteiger charge is 2.13. The van der Waals surface area contributed by atoms with Crippen LogP contribution in [0.15, 0.2) is 78.9 Å². The number of anilines is 2. The fourth-order valence-electron chi connectivity index (χ4n) is 3.06. The molecule has 29 heavy (non-hydrogen) atoms. The number of hydrogen-bond donors (Lipinski definition) is 2. The standard InChI is InChI=1S/C21H17N5O2S/c27-26(28)17-10-6-9-16(13-17)22-21(29)24-20-23-18-11-4-5-12-19(18)25(20)14-15-7-2-1-3-8-15/h1-13H,14H2,(H2,22,23,24,29). The van der Waals surface area contributed by atoms with E-state index in [4.69, 9.17) is 12.2 Å². The second-order valence-corrected chi connectivity index (χ2v) is 6.79. The van der Waals surface area contributed by atoms with Crippen molar-refractivity contribution >= 4 is 45.7 Å². The minimum atomic E-state index is -0.444. The fourth-order valence-corrected chi connectivity index (χ4v) is 3.27. The molecule has 0 radical (unpaired) electrons. The summed E-state index contributed by atoms with van der Waals surface area (Å²) < 4.78 is 2.05. The zero-order valence-corrected chi connectivity index (χ0v) is 16.1. The van der Waals surface area contributed by atoms with Gasteiger partial charge in [0.05, 0.1) is 22.5 Å². The van der Waals surface area contributed by atoms with Gasteiger partial charge in [-0.3, -0.25) is 10.1 Å². The van der Waals surface area contributed by atoms with E-state index in [9.17, 15) is 10.1 Å². The molecule has 144 valence electrons. The summed E-state index contributed by atoms with van der Waals surface area (Å²) in [6.45, 7) is 0.628. The summed E-state index contributed by atoms with van der Waals surface area (Å²) in [5, 5.41) is 17.4. The molecule has 0 aliphatic rings. The van der Waals surface area contributed by atoms with Crippen LogP contribution in [-0.4, -0.2) is 19.6 Å². The fraction of sp³-hybridized carbons (Fsp3) is 0.0476. The Labute approximate surface area is 172 Å². The Morgan fingerprint density at radius 2 is 1.76 bits per heavy atom. The molecule has 2 N–H and O–H groups in total. The maximum absolute atomic E-state index is 11.0. The zero-order valence-electron chi connectivity index (χ0n) is 15.3. The van der Waals surface area contributed by atoms with Crippen LogP contribution in [0.3, 0.4) is 0 Å². The molecule has 0 aliphatic carbocycles. The van der Waals surface area contributed by atoms with E-state index in [-0.39, 0.29) is 5.69 Å². The topological polar surface area (TPSA) is 85.0 Å². The predicted octanol–water partition coefficient (Wildman–Crippen LogP) is 4.80. The molecule has 0 atom stereocenters. The number of para-hydroxylation sites is 2. The van der Waals surface area contributed by atoms with Crippen LogP contribution in [0, 0.1) is 10.1 Å². The Bertz CT molecular complexity index is 1190. The van der Waals surface area contributed by atoms with E-state index in [0.29, 0.717) is 23.3 Å². The first-order valence-electron chi connectivity index (χ1n) is 8.92. The number of fused-ring (bicyclic) bond motifs is 1. The molecule has 0 fully saturated rings. The van der Waals surface area contributed by atoms with Crippen LogP contribution in [0.25, 0.3) is 11.0 Å². The number of nitro groups is 1. The van der Waals surface area contributed by atoms with Crippen LogP contribution in [0.4, 0.5) is 17.3 Å². The Kier molecular flexibility index (Phi) is 5.17. The number of thiocarbonyl (C=S) groups is 1. The van der Waals surface area contributed by atoms with Gasteiger partial charge in [0.15, 0.2) is 5.11 Å². The summed E-state index contributed by atoms with van der Waals surface area (Å²) in [7, 11) is 0. The number of nitrogens with zero attached hydrogens (tertiary/aromatic N) is 3. The Morgan fingerprint density at radius 3 is 2.55 bits per heavy atom. The van der Waals surface area contributed by atoms with Crippen LogP contribution in [-0.2, 0) is 6.54 Å². The number of rotatable bonds is 5. The minimum Gasteiger partial charge on any atom is -0.332 e. The molecule has 0 aliphatic heterocycles. The van der Waals surface area contributed by atoms with Crippen molar-refractivity contribution in [2.75, 3.05) is 10.6 Å². The van der Waals surface area contributed by atoms with Gasteiger partial charge in [-0.05, 0) is 36.0 Å². The first kappa shape index (κ1) is 18.6. The number of non-ortho nitro benzene ring substituents is 1. The Hall–Kier alpha value is -3.78. The smallest absolute Gasteiger partial charge is 0.271 e. The van der Waals surface area contributed by atoms with Gasteiger partial charge in [0.25, 0.3) is 5.69 Å². The average molecular weight is 403 g/mol. The third-order valence-electron chi connectivity index (χ3n) is 4.38. The molecule has 8 heteroatoms. The quantitative estimate of drug-likeness (QED) is 0.283. The summed E-state index contributed by atoms with van der Waals surface area (Å²) >= 11 is 5.41. The van der Waals surface area contributed by atoms with Crippen molar-refractivity contribution in [2.24, 2.45) is 0 Å². The van der Waals surface area contributed by atoms with Gasteiger partial charge < -0.3 is 15.2 Å². The van der Waals surface area contributed by atoms with E-state index in [2.05, 4.69) is 27.8 Å². The number of aromatic nitrogens is 2. The van der Waals surface area contributed by atoms with Gasteiger partial charge in [0.2, 0.25) is 5.95 Å². The van der Waals surface area contributed by atoms with Crippen LogP contribution in [0.1, 0.15) is 5.56 Å². The van der Waals surface area contributed by atoms with E-state index in [0.717, 1.165) is 16.6 Å². The molecule has 0 bridgehead atoms. The molecule has 1 aromatic heterocycles. The average Bonchev–Trinajstić information content (AvgIpc) is 3.06. The van der Waals surface area contributed by atoms with Crippen LogP contribution >= 0.6 is 12.2 Å². The van der Waals surface area contributed by atoms with E-state index in [1.54, 1.807) is 12.1 Å². The molecule has 4 rings (SSSR count). The number of benzene rings is 3. The molecule has 3 aromatic carbocycles. The molecule has 0 amide bonds. The highest BCUT2D eigenvalue weighted by molar-refractivity contribution is 7.80. The molecule has 1 heterocycles. The van der Waals surface area contributed by atoms with Crippen LogP contribution in [0.2, 0.25) is 0 Å². The summed E-state index contributed by atoms with van der Waals surface area (Å²) in [6, 6.07) is 24.1. The number of hydrogen-bond acceptors (Lipinski definition) is 4. The second-order valence-electron chi connectivity index (χ2n) is 6.38. The first-order chi connectivity index (χ1) is 14.1. The van der Waals surface area contributed by atoms with Gasteiger partial charge in [-0.2, -0.15) is 0 Å². The largest absolute Gasteiger partial charge is 0.332 e. The van der Waals surface area contributed by atoms with Gasteiger partial charge in [-0.25, -0.2) is 4.98 Å². The van der Waals surface area contributed by atoms with Crippen molar-refractivity contribution in [3.63, 3.8) is 0 Å². The molecular weight excluding hydrogens is 386 g/mol. The highest BCUT2D eigenvalue weighted by atomic mass is 32.1. The summed E-state index contributed by atoms with van der Waals surface area (Å²) in [4.78, 5) is 15.2. The number of imidazole rings is 1. The second kappa shape index (κ2) is 8.07. The van der Waals surface area contributed by atoms with Crippen molar-refractivity contribution in [2.45, 2.75) is 6.54 Å². The molecule has 0 spiro atoms. The SMILES string of the molecule is O=[N+]([O-])c1cccc(NC(=S)Nc2nc3ccccc3n2Cc2ccccc2)c1. The molecule has 0 saturated carbocycles. The maximum atomic E-state index is 11.0. The Balaban J connectivity index is 1.60. The third-order valence-corrected chi connectivity index (χ3v) is 4.58. The Morgan fingerprint density at radius 1 is 1.00 bits per heavy atom. The van der Waals surface area contributed by atoms with Crippen molar-refractivity contribution in [3.05, 3.63) is 94.5 Å². The van der Waals surface area contributed by atoms with Gasteiger partial charge >= 0.3 is 0 Å². The lowest BCUT2D eigenvalue weighted by atomic mass is 10.2. The number of nitro benzene ring substituents is 1. The molecule has 4 aromatic rings. The van der Waals surface area contributed by atoms with E-state index < -0.39 is 4.92 Å². The summed E-state index contributed by atoms with van der Waals surface area (Å²) in [6.07, 6.45) is 0. The van der Waals surface area contributed by atoms with Gasteiger partial charge in [0, 0.05) is 17.8 Å². The van der Waals surface area contributed by atoms with E-state index >= 15 is 0 Å². The monoisotopic (exact) mass is 403 g/mol.